The Morgan fingerprint density at radius 1 is 1.33 bits per heavy atom. The third kappa shape index (κ3) is 2.48. The van der Waals surface area contributed by atoms with Crippen molar-refractivity contribution in [2.45, 2.75) is 18.9 Å². The highest BCUT2D eigenvalue weighted by Crippen LogP contribution is 2.21. The summed E-state index contributed by atoms with van der Waals surface area (Å²) in [6, 6.07) is 6.20. The average Bonchev–Trinajstić information content (AvgIpc) is 2.87. The fourth-order valence-electron chi connectivity index (χ4n) is 2.15. The molecule has 5 heteroatoms. The quantitative estimate of drug-likeness (QED) is 0.771. The molecular weight excluding hydrogens is 254 g/mol. The second kappa shape index (κ2) is 5.40. The second-order valence-electron chi connectivity index (χ2n) is 4.19. The molecule has 0 N–H and O–H groups in total. The molecule has 1 aliphatic heterocycles. The van der Waals surface area contributed by atoms with Crippen LogP contribution in [0.3, 0.4) is 0 Å². The van der Waals surface area contributed by atoms with Crippen molar-refractivity contribution >= 4 is 23.5 Å². The lowest BCUT2D eigenvalue weighted by molar-refractivity contribution is -0.145. The number of hydrogen-bond donors (Lipinski definition) is 0. The summed E-state index contributed by atoms with van der Waals surface area (Å²) in [5.74, 6) is -0.505. The number of methoxy groups -OCH3 is 1. The minimum absolute atomic E-state index is 0.153. The highest BCUT2D eigenvalue weighted by molar-refractivity contribution is 6.30. The van der Waals surface area contributed by atoms with Crippen LogP contribution < -0.4 is 0 Å². The van der Waals surface area contributed by atoms with E-state index in [0.29, 0.717) is 23.6 Å². The Kier molecular flexibility index (Phi) is 3.87. The fraction of sp³-hybridized carbons (Fsp3) is 0.385. The molecule has 1 aromatic rings. The van der Waals surface area contributed by atoms with Crippen molar-refractivity contribution in [2.24, 2.45) is 0 Å². The molecule has 0 aliphatic carbocycles. The number of hydrogen-bond acceptors (Lipinski definition) is 3. The van der Waals surface area contributed by atoms with Crippen LogP contribution in [0.5, 0.6) is 0 Å². The minimum atomic E-state index is -0.460. The van der Waals surface area contributed by atoms with Crippen molar-refractivity contribution < 1.29 is 14.3 Å². The summed E-state index contributed by atoms with van der Waals surface area (Å²) in [5, 5.41) is 0.581. The lowest BCUT2D eigenvalue weighted by Gasteiger charge is -2.22. The van der Waals surface area contributed by atoms with E-state index < -0.39 is 6.04 Å². The van der Waals surface area contributed by atoms with E-state index in [9.17, 15) is 9.59 Å². The number of benzene rings is 1. The first-order valence-electron chi connectivity index (χ1n) is 5.78. The van der Waals surface area contributed by atoms with Crippen molar-refractivity contribution in [3.63, 3.8) is 0 Å². The molecule has 2 rings (SSSR count). The molecule has 1 saturated heterocycles. The zero-order valence-corrected chi connectivity index (χ0v) is 10.8. The molecule has 1 amide bonds. The number of halogens is 1. The second-order valence-corrected chi connectivity index (χ2v) is 4.62. The van der Waals surface area contributed by atoms with Crippen LogP contribution in [0, 0.1) is 0 Å². The van der Waals surface area contributed by atoms with Crippen LogP contribution in [0.1, 0.15) is 23.2 Å². The molecule has 1 fully saturated rings. The Labute approximate surface area is 110 Å². The SMILES string of the molecule is COC(=O)[C@@H]1CCCN1C(=O)c1ccc(Cl)cc1. The number of likely N-dealkylation sites (tertiary alicyclic amines) is 1. The fourth-order valence-corrected chi connectivity index (χ4v) is 2.28. The molecule has 1 heterocycles. The molecule has 0 spiro atoms. The predicted molar refractivity (Wildman–Crippen MR) is 67.5 cm³/mol. The third-order valence-corrected chi connectivity index (χ3v) is 3.33. The summed E-state index contributed by atoms with van der Waals surface area (Å²) >= 11 is 5.78. The van der Waals surface area contributed by atoms with Gasteiger partial charge in [0.1, 0.15) is 6.04 Å². The maximum absolute atomic E-state index is 12.3. The van der Waals surface area contributed by atoms with Gasteiger partial charge in [-0.3, -0.25) is 4.79 Å². The van der Waals surface area contributed by atoms with Gasteiger partial charge in [0.05, 0.1) is 7.11 Å². The van der Waals surface area contributed by atoms with Gasteiger partial charge in [-0.1, -0.05) is 11.6 Å². The third-order valence-electron chi connectivity index (χ3n) is 3.08. The maximum Gasteiger partial charge on any atom is 0.328 e. The Hall–Kier alpha value is -1.55. The van der Waals surface area contributed by atoms with E-state index in [1.54, 1.807) is 29.2 Å². The Morgan fingerprint density at radius 2 is 2.00 bits per heavy atom. The molecular formula is C13H14ClNO3. The molecule has 4 nitrogen and oxygen atoms in total. The first-order chi connectivity index (χ1) is 8.63. The molecule has 0 bridgehead atoms. The summed E-state index contributed by atoms with van der Waals surface area (Å²) < 4.78 is 4.72. The minimum Gasteiger partial charge on any atom is -0.467 e. The van der Waals surface area contributed by atoms with E-state index in [-0.39, 0.29) is 11.9 Å². The molecule has 18 heavy (non-hydrogen) atoms. The van der Waals surface area contributed by atoms with Crippen LogP contribution in [0.15, 0.2) is 24.3 Å². The Balaban J connectivity index is 2.17. The van der Waals surface area contributed by atoms with Gasteiger partial charge in [0.25, 0.3) is 5.91 Å². The zero-order chi connectivity index (χ0) is 13.1. The molecule has 0 saturated carbocycles. The topological polar surface area (TPSA) is 46.6 Å². The van der Waals surface area contributed by atoms with Crippen molar-refractivity contribution in [3.8, 4) is 0 Å². The van der Waals surface area contributed by atoms with Gasteiger partial charge < -0.3 is 9.64 Å². The normalized spacial score (nSPS) is 18.8. The van der Waals surface area contributed by atoms with Crippen LogP contribution in [-0.2, 0) is 9.53 Å². The summed E-state index contributed by atoms with van der Waals surface area (Å²) in [4.78, 5) is 25.4. The van der Waals surface area contributed by atoms with Gasteiger partial charge in [-0.2, -0.15) is 0 Å². The van der Waals surface area contributed by atoms with Gasteiger partial charge in [-0.15, -0.1) is 0 Å². The molecule has 96 valence electrons. The van der Waals surface area contributed by atoms with E-state index in [4.69, 9.17) is 16.3 Å². The van der Waals surface area contributed by atoms with Crippen molar-refractivity contribution in [3.05, 3.63) is 34.9 Å². The molecule has 0 radical (unpaired) electrons. The summed E-state index contributed by atoms with van der Waals surface area (Å²) in [6.07, 6.45) is 1.48. The molecule has 1 atom stereocenters. The largest absolute Gasteiger partial charge is 0.467 e. The average molecular weight is 268 g/mol. The van der Waals surface area contributed by atoms with Gasteiger partial charge in [-0.25, -0.2) is 4.79 Å². The first kappa shape index (κ1) is 12.9. The van der Waals surface area contributed by atoms with E-state index in [1.807, 2.05) is 0 Å². The lowest BCUT2D eigenvalue weighted by atomic mass is 10.1. The monoisotopic (exact) mass is 267 g/mol. The molecule has 1 aromatic carbocycles. The van der Waals surface area contributed by atoms with Gasteiger partial charge in [-0.05, 0) is 37.1 Å². The molecule has 0 unspecified atom stereocenters. The van der Waals surface area contributed by atoms with Crippen molar-refractivity contribution in [1.82, 2.24) is 4.90 Å². The van der Waals surface area contributed by atoms with E-state index in [2.05, 4.69) is 0 Å². The smallest absolute Gasteiger partial charge is 0.328 e. The number of ether oxygens (including phenoxy) is 1. The van der Waals surface area contributed by atoms with Crippen molar-refractivity contribution in [2.75, 3.05) is 13.7 Å². The van der Waals surface area contributed by atoms with Crippen LogP contribution in [-0.4, -0.2) is 36.5 Å². The van der Waals surface area contributed by atoms with Crippen LogP contribution in [0.25, 0.3) is 0 Å². The summed E-state index contributed by atoms with van der Waals surface area (Å²) in [6.45, 7) is 0.585. The zero-order valence-electron chi connectivity index (χ0n) is 10.1. The van der Waals surface area contributed by atoms with Gasteiger partial charge in [0.15, 0.2) is 0 Å². The number of nitrogens with zero attached hydrogens (tertiary/aromatic N) is 1. The van der Waals surface area contributed by atoms with Gasteiger partial charge in [0.2, 0.25) is 0 Å². The summed E-state index contributed by atoms with van der Waals surface area (Å²) in [5.41, 5.74) is 0.537. The van der Waals surface area contributed by atoms with Gasteiger partial charge >= 0.3 is 5.97 Å². The molecule has 1 aliphatic rings. The van der Waals surface area contributed by atoms with Crippen molar-refractivity contribution in [1.29, 1.82) is 0 Å². The lowest BCUT2D eigenvalue weighted by Crippen LogP contribution is -2.41. The number of amides is 1. The van der Waals surface area contributed by atoms with Gasteiger partial charge in [0, 0.05) is 17.1 Å². The Bertz CT molecular complexity index is 458. The maximum atomic E-state index is 12.3. The first-order valence-corrected chi connectivity index (χ1v) is 6.15. The van der Waals surface area contributed by atoms with E-state index in [0.717, 1.165) is 6.42 Å². The highest BCUT2D eigenvalue weighted by atomic mass is 35.5. The Morgan fingerprint density at radius 3 is 2.61 bits per heavy atom. The van der Waals surface area contributed by atoms with E-state index >= 15 is 0 Å². The summed E-state index contributed by atoms with van der Waals surface area (Å²) in [7, 11) is 1.34. The number of rotatable bonds is 2. The van der Waals surface area contributed by atoms with Crippen LogP contribution >= 0.6 is 11.6 Å². The van der Waals surface area contributed by atoms with Crippen LogP contribution in [0.4, 0.5) is 0 Å². The number of esters is 1. The van der Waals surface area contributed by atoms with E-state index in [1.165, 1.54) is 7.11 Å². The van der Waals surface area contributed by atoms with Crippen LogP contribution in [0.2, 0.25) is 5.02 Å². The highest BCUT2D eigenvalue weighted by Gasteiger charge is 2.35. The number of carbonyl (C=O) groups is 2. The molecule has 0 aromatic heterocycles. The predicted octanol–water partition coefficient (Wildman–Crippen LogP) is 2.12. The standard InChI is InChI=1S/C13H14ClNO3/c1-18-13(17)11-3-2-8-15(11)12(16)9-4-6-10(14)7-5-9/h4-7,11H,2-3,8H2,1H3/t11-/m0/s1. The number of carbonyl (C=O) groups excluding carboxylic acids is 2.